The van der Waals surface area contributed by atoms with Crippen LogP contribution in [-0.2, 0) is 6.61 Å². The topological polar surface area (TPSA) is 96.4 Å². The van der Waals surface area contributed by atoms with Gasteiger partial charge in [0, 0.05) is 6.07 Å². The molecule has 0 aliphatic carbocycles. The Morgan fingerprint density at radius 1 is 1.67 bits per heavy atom. The van der Waals surface area contributed by atoms with Crippen LogP contribution in [-0.4, -0.2) is 17.1 Å². The molecule has 0 amide bonds. The van der Waals surface area contributed by atoms with E-state index >= 15 is 0 Å². The van der Waals surface area contributed by atoms with E-state index in [4.69, 9.17) is 15.1 Å². The Hall–Kier alpha value is -2.13. The molecule has 1 aromatic rings. The molecule has 0 spiro atoms. The standard InChI is InChI=1S/C9H8N2O4/c1-15-8-2-6(4-10)9(11(13)14)7(3-8)5-12/h2-3,12H,5H2,1H3. The summed E-state index contributed by atoms with van der Waals surface area (Å²) in [6.07, 6.45) is 0. The highest BCUT2D eigenvalue weighted by molar-refractivity contribution is 5.57. The molecule has 0 aromatic heterocycles. The Morgan fingerprint density at radius 3 is 2.73 bits per heavy atom. The number of nitriles is 1. The zero-order valence-corrected chi connectivity index (χ0v) is 7.93. The van der Waals surface area contributed by atoms with Crippen molar-refractivity contribution in [3.63, 3.8) is 0 Å². The first-order chi connectivity index (χ1) is 7.13. The summed E-state index contributed by atoms with van der Waals surface area (Å²) in [7, 11) is 1.38. The average Bonchev–Trinajstić information content (AvgIpc) is 2.26. The number of hydrogen-bond donors (Lipinski definition) is 1. The number of nitro groups is 1. The van der Waals surface area contributed by atoms with Crippen LogP contribution in [0.15, 0.2) is 12.1 Å². The molecule has 0 saturated heterocycles. The molecule has 15 heavy (non-hydrogen) atoms. The molecule has 1 N–H and O–H groups in total. The molecule has 0 heterocycles. The fourth-order valence-corrected chi connectivity index (χ4v) is 1.20. The van der Waals surface area contributed by atoms with Crippen molar-refractivity contribution < 1.29 is 14.8 Å². The van der Waals surface area contributed by atoms with Crippen molar-refractivity contribution in [1.29, 1.82) is 5.26 Å². The third-order valence-electron chi connectivity index (χ3n) is 1.87. The summed E-state index contributed by atoms with van der Waals surface area (Å²) in [5, 5.41) is 28.3. The third kappa shape index (κ3) is 2.03. The molecule has 1 rings (SSSR count). The summed E-state index contributed by atoms with van der Waals surface area (Å²) in [6.45, 7) is -0.512. The highest BCUT2D eigenvalue weighted by Crippen LogP contribution is 2.28. The lowest BCUT2D eigenvalue weighted by Crippen LogP contribution is -2.00. The van der Waals surface area contributed by atoms with Crippen LogP contribution in [0.2, 0.25) is 0 Å². The minimum Gasteiger partial charge on any atom is -0.497 e. The van der Waals surface area contributed by atoms with Gasteiger partial charge in [0.1, 0.15) is 17.4 Å². The maximum Gasteiger partial charge on any atom is 0.292 e. The molecule has 0 atom stereocenters. The van der Waals surface area contributed by atoms with Gasteiger partial charge in [-0.25, -0.2) is 0 Å². The van der Waals surface area contributed by atoms with Gasteiger partial charge in [-0.05, 0) is 6.07 Å². The summed E-state index contributed by atoms with van der Waals surface area (Å²) in [5.41, 5.74) is -0.430. The number of methoxy groups -OCH3 is 1. The number of aliphatic hydroxyl groups excluding tert-OH is 1. The first kappa shape index (κ1) is 10.9. The Bertz CT molecular complexity index is 436. The van der Waals surface area contributed by atoms with E-state index in [1.165, 1.54) is 19.2 Å². The van der Waals surface area contributed by atoms with Crippen molar-refractivity contribution in [1.82, 2.24) is 0 Å². The summed E-state index contributed by atoms with van der Waals surface area (Å²) in [5.74, 6) is 0.307. The van der Waals surface area contributed by atoms with Crippen LogP contribution in [0.3, 0.4) is 0 Å². The van der Waals surface area contributed by atoms with Crippen LogP contribution in [0, 0.1) is 21.4 Å². The fraction of sp³-hybridized carbons (Fsp3) is 0.222. The van der Waals surface area contributed by atoms with Gasteiger partial charge in [0.2, 0.25) is 0 Å². The van der Waals surface area contributed by atoms with E-state index in [0.29, 0.717) is 5.75 Å². The molecule has 78 valence electrons. The van der Waals surface area contributed by atoms with E-state index in [1.807, 2.05) is 0 Å². The van der Waals surface area contributed by atoms with Crippen molar-refractivity contribution in [3.05, 3.63) is 33.4 Å². The maximum absolute atomic E-state index is 10.7. The minimum atomic E-state index is -0.691. The van der Waals surface area contributed by atoms with Crippen LogP contribution < -0.4 is 4.74 Å². The lowest BCUT2D eigenvalue weighted by Gasteiger charge is -2.04. The number of rotatable bonds is 3. The number of benzene rings is 1. The van der Waals surface area contributed by atoms with E-state index in [0.717, 1.165) is 0 Å². The zero-order chi connectivity index (χ0) is 11.4. The Balaban J connectivity index is 3.48. The normalized spacial score (nSPS) is 9.40. The van der Waals surface area contributed by atoms with Gasteiger partial charge in [-0.15, -0.1) is 0 Å². The molecule has 1 aromatic carbocycles. The molecule has 0 aliphatic rings. The lowest BCUT2D eigenvalue weighted by atomic mass is 10.1. The maximum atomic E-state index is 10.7. The summed E-state index contributed by atoms with van der Waals surface area (Å²) < 4.78 is 4.85. The highest BCUT2D eigenvalue weighted by atomic mass is 16.6. The Morgan fingerprint density at radius 2 is 2.33 bits per heavy atom. The van der Waals surface area contributed by atoms with Crippen LogP contribution >= 0.6 is 0 Å². The van der Waals surface area contributed by atoms with Crippen molar-refractivity contribution in [3.8, 4) is 11.8 Å². The van der Waals surface area contributed by atoms with E-state index < -0.39 is 11.5 Å². The molecular formula is C9H8N2O4. The molecule has 0 bridgehead atoms. The SMILES string of the molecule is COc1cc(C#N)c([N+](=O)[O-])c(CO)c1. The van der Waals surface area contributed by atoms with E-state index in [9.17, 15) is 10.1 Å². The largest absolute Gasteiger partial charge is 0.497 e. The minimum absolute atomic E-state index is 0.0656. The van der Waals surface area contributed by atoms with Crippen molar-refractivity contribution in [2.45, 2.75) is 6.61 Å². The van der Waals surface area contributed by atoms with Gasteiger partial charge in [0.25, 0.3) is 5.69 Å². The molecule has 0 unspecified atom stereocenters. The molecule has 0 aliphatic heterocycles. The average molecular weight is 208 g/mol. The van der Waals surface area contributed by atoms with Gasteiger partial charge in [0.05, 0.1) is 24.2 Å². The summed E-state index contributed by atoms with van der Waals surface area (Å²) >= 11 is 0. The molecule has 0 radical (unpaired) electrons. The van der Waals surface area contributed by atoms with Gasteiger partial charge in [-0.2, -0.15) is 5.26 Å². The fourth-order valence-electron chi connectivity index (χ4n) is 1.20. The van der Waals surface area contributed by atoms with Crippen LogP contribution in [0.4, 0.5) is 5.69 Å². The number of hydrogen-bond acceptors (Lipinski definition) is 5. The predicted octanol–water partition coefficient (Wildman–Crippen LogP) is 0.967. The van der Waals surface area contributed by atoms with Gasteiger partial charge in [-0.1, -0.05) is 0 Å². The second-order valence-corrected chi connectivity index (χ2v) is 2.71. The lowest BCUT2D eigenvalue weighted by molar-refractivity contribution is -0.386. The van der Waals surface area contributed by atoms with Crippen molar-refractivity contribution >= 4 is 5.69 Å². The zero-order valence-electron chi connectivity index (χ0n) is 7.93. The Labute approximate surface area is 85.5 Å². The molecule has 6 heteroatoms. The van der Waals surface area contributed by atoms with Gasteiger partial charge < -0.3 is 9.84 Å². The number of nitrogens with zero attached hydrogens (tertiary/aromatic N) is 2. The van der Waals surface area contributed by atoms with Crippen LogP contribution in [0.5, 0.6) is 5.75 Å². The van der Waals surface area contributed by atoms with Crippen LogP contribution in [0.25, 0.3) is 0 Å². The van der Waals surface area contributed by atoms with E-state index in [-0.39, 0.29) is 16.8 Å². The van der Waals surface area contributed by atoms with Crippen LogP contribution in [0.1, 0.15) is 11.1 Å². The molecule has 0 saturated carbocycles. The monoisotopic (exact) mass is 208 g/mol. The Kier molecular flexibility index (Phi) is 3.21. The summed E-state index contributed by atoms with van der Waals surface area (Å²) in [6, 6.07) is 4.29. The highest BCUT2D eigenvalue weighted by Gasteiger charge is 2.20. The van der Waals surface area contributed by atoms with Gasteiger partial charge >= 0.3 is 0 Å². The van der Waals surface area contributed by atoms with Crippen molar-refractivity contribution in [2.24, 2.45) is 0 Å². The van der Waals surface area contributed by atoms with Crippen molar-refractivity contribution in [2.75, 3.05) is 7.11 Å². The molecule has 0 fully saturated rings. The number of nitro benzene ring substituents is 1. The van der Waals surface area contributed by atoms with E-state index in [1.54, 1.807) is 6.07 Å². The molecular weight excluding hydrogens is 200 g/mol. The number of ether oxygens (including phenoxy) is 1. The first-order valence-electron chi connectivity index (χ1n) is 4.00. The molecule has 6 nitrogen and oxygen atoms in total. The van der Waals surface area contributed by atoms with Gasteiger partial charge in [-0.3, -0.25) is 10.1 Å². The second-order valence-electron chi connectivity index (χ2n) is 2.71. The smallest absolute Gasteiger partial charge is 0.292 e. The first-order valence-corrected chi connectivity index (χ1v) is 4.00. The summed E-state index contributed by atoms with van der Waals surface area (Å²) in [4.78, 5) is 9.97. The van der Waals surface area contributed by atoms with E-state index in [2.05, 4.69) is 0 Å². The second kappa shape index (κ2) is 4.39. The third-order valence-corrected chi connectivity index (χ3v) is 1.87. The number of aliphatic hydroxyl groups is 1. The quantitative estimate of drug-likeness (QED) is 0.589. The predicted molar refractivity (Wildman–Crippen MR) is 50.3 cm³/mol. The van der Waals surface area contributed by atoms with Gasteiger partial charge in [0.15, 0.2) is 0 Å².